The fraction of sp³-hybridized carbons (Fsp3) is 0.368. The van der Waals surface area contributed by atoms with E-state index in [1.54, 1.807) is 7.11 Å². The van der Waals surface area contributed by atoms with Gasteiger partial charge in [0.05, 0.1) is 13.7 Å². The minimum Gasteiger partial charge on any atom is -0.493 e. The molecule has 2 aromatic rings. The van der Waals surface area contributed by atoms with Gasteiger partial charge in [-0.2, -0.15) is 0 Å². The average molecular weight is 299 g/mol. The zero-order valence-corrected chi connectivity index (χ0v) is 13.4. The zero-order chi connectivity index (χ0) is 15.8. The average Bonchev–Trinajstić information content (AvgIpc) is 2.58. The van der Waals surface area contributed by atoms with E-state index in [1.165, 1.54) is 11.1 Å². The van der Waals surface area contributed by atoms with Crippen molar-refractivity contribution in [3.63, 3.8) is 0 Å². The van der Waals surface area contributed by atoms with E-state index in [1.807, 2.05) is 12.1 Å². The molecule has 2 rings (SSSR count). The summed E-state index contributed by atoms with van der Waals surface area (Å²) in [5, 5.41) is 0. The number of hydrogen-bond acceptors (Lipinski definition) is 3. The summed E-state index contributed by atoms with van der Waals surface area (Å²) in [6.45, 7) is 3.41. The molecule has 3 nitrogen and oxygen atoms in total. The second-order valence-corrected chi connectivity index (χ2v) is 5.38. The number of nitrogens with two attached hydrogens (primary N) is 1. The summed E-state index contributed by atoms with van der Waals surface area (Å²) in [7, 11) is 1.67. The molecular weight excluding hydrogens is 274 g/mol. The van der Waals surface area contributed by atoms with Gasteiger partial charge in [-0.3, -0.25) is 0 Å². The summed E-state index contributed by atoms with van der Waals surface area (Å²) < 4.78 is 11.1. The molecule has 0 saturated carbocycles. The van der Waals surface area contributed by atoms with Crippen LogP contribution >= 0.6 is 0 Å². The van der Waals surface area contributed by atoms with E-state index in [0.717, 1.165) is 24.3 Å². The van der Waals surface area contributed by atoms with Crippen molar-refractivity contribution in [1.29, 1.82) is 0 Å². The maximum absolute atomic E-state index is 5.97. The van der Waals surface area contributed by atoms with Gasteiger partial charge < -0.3 is 15.2 Å². The molecule has 3 heteroatoms. The second kappa shape index (κ2) is 8.44. The molecule has 0 heterocycles. The summed E-state index contributed by atoms with van der Waals surface area (Å²) in [4.78, 5) is 0. The Balaban J connectivity index is 2.17. The first-order chi connectivity index (χ1) is 10.8. The number of ether oxygens (including phenoxy) is 2. The summed E-state index contributed by atoms with van der Waals surface area (Å²) >= 11 is 0. The summed E-state index contributed by atoms with van der Waals surface area (Å²) in [5.41, 5.74) is 8.46. The predicted molar refractivity (Wildman–Crippen MR) is 90.7 cm³/mol. The van der Waals surface area contributed by atoms with Crippen LogP contribution in [0.15, 0.2) is 48.5 Å². The van der Waals surface area contributed by atoms with Gasteiger partial charge in [-0.1, -0.05) is 43.3 Å². The van der Waals surface area contributed by atoms with Crippen LogP contribution in [0.25, 0.3) is 0 Å². The molecule has 0 aliphatic carbocycles. The third-order valence-corrected chi connectivity index (χ3v) is 3.73. The largest absolute Gasteiger partial charge is 0.493 e. The zero-order valence-electron chi connectivity index (χ0n) is 13.4. The lowest BCUT2D eigenvalue weighted by atomic mass is 9.92. The van der Waals surface area contributed by atoms with Crippen LogP contribution in [0.2, 0.25) is 0 Å². The molecule has 0 fully saturated rings. The SMILES string of the molecule is CCCOc1cc(CC(CN)c2ccccc2)ccc1OC. The molecule has 0 saturated heterocycles. The minimum absolute atomic E-state index is 0.314. The highest BCUT2D eigenvalue weighted by atomic mass is 16.5. The smallest absolute Gasteiger partial charge is 0.161 e. The first-order valence-corrected chi connectivity index (χ1v) is 7.83. The van der Waals surface area contributed by atoms with E-state index in [9.17, 15) is 0 Å². The Bertz CT molecular complexity index is 569. The molecule has 2 N–H and O–H groups in total. The van der Waals surface area contributed by atoms with Gasteiger partial charge in [0.2, 0.25) is 0 Å². The third kappa shape index (κ3) is 4.25. The van der Waals surface area contributed by atoms with E-state index < -0.39 is 0 Å². The molecule has 2 aromatic carbocycles. The Hall–Kier alpha value is -2.00. The van der Waals surface area contributed by atoms with Crippen LogP contribution in [0, 0.1) is 0 Å². The molecule has 1 unspecified atom stereocenters. The monoisotopic (exact) mass is 299 g/mol. The molecular formula is C19H25NO2. The number of methoxy groups -OCH3 is 1. The van der Waals surface area contributed by atoms with Crippen molar-refractivity contribution < 1.29 is 9.47 Å². The van der Waals surface area contributed by atoms with Gasteiger partial charge in [0.15, 0.2) is 11.5 Å². The van der Waals surface area contributed by atoms with Crippen LogP contribution in [-0.2, 0) is 6.42 Å². The van der Waals surface area contributed by atoms with Gasteiger partial charge in [0.25, 0.3) is 0 Å². The van der Waals surface area contributed by atoms with Crippen LogP contribution < -0.4 is 15.2 Å². The Kier molecular flexibility index (Phi) is 6.28. The van der Waals surface area contributed by atoms with E-state index in [2.05, 4.69) is 43.3 Å². The summed E-state index contributed by atoms with van der Waals surface area (Å²) in [5.74, 6) is 1.90. The summed E-state index contributed by atoms with van der Waals surface area (Å²) in [6.07, 6.45) is 1.87. The van der Waals surface area contributed by atoms with E-state index in [0.29, 0.717) is 19.1 Å². The Labute approximate surface area is 133 Å². The lowest BCUT2D eigenvalue weighted by Crippen LogP contribution is -2.15. The van der Waals surface area contributed by atoms with Crippen molar-refractivity contribution in [3.8, 4) is 11.5 Å². The van der Waals surface area contributed by atoms with Crippen LogP contribution in [0.4, 0.5) is 0 Å². The van der Waals surface area contributed by atoms with Gasteiger partial charge in [0, 0.05) is 5.92 Å². The quantitative estimate of drug-likeness (QED) is 0.807. The molecule has 0 aliphatic rings. The molecule has 1 atom stereocenters. The normalized spacial score (nSPS) is 12.0. The first kappa shape index (κ1) is 16.4. The maximum Gasteiger partial charge on any atom is 0.161 e. The summed E-state index contributed by atoms with van der Waals surface area (Å²) in [6, 6.07) is 16.5. The molecule has 0 amide bonds. The third-order valence-electron chi connectivity index (χ3n) is 3.73. The van der Waals surface area contributed by atoms with Crippen molar-refractivity contribution in [2.75, 3.05) is 20.3 Å². The van der Waals surface area contributed by atoms with Crippen molar-refractivity contribution in [2.45, 2.75) is 25.7 Å². The molecule has 0 aromatic heterocycles. The Morgan fingerprint density at radius 2 is 1.82 bits per heavy atom. The van der Waals surface area contributed by atoms with Crippen LogP contribution in [0.5, 0.6) is 11.5 Å². The van der Waals surface area contributed by atoms with Crippen molar-refractivity contribution in [3.05, 3.63) is 59.7 Å². The first-order valence-electron chi connectivity index (χ1n) is 7.83. The van der Waals surface area contributed by atoms with Crippen molar-refractivity contribution in [2.24, 2.45) is 5.73 Å². The molecule has 0 aliphatic heterocycles. The highest BCUT2D eigenvalue weighted by Gasteiger charge is 2.12. The molecule has 0 radical (unpaired) electrons. The Morgan fingerprint density at radius 1 is 1.05 bits per heavy atom. The van der Waals surface area contributed by atoms with Gasteiger partial charge in [-0.25, -0.2) is 0 Å². The molecule has 0 bridgehead atoms. The maximum atomic E-state index is 5.97. The van der Waals surface area contributed by atoms with Gasteiger partial charge in [0.1, 0.15) is 0 Å². The van der Waals surface area contributed by atoms with E-state index in [4.69, 9.17) is 15.2 Å². The highest BCUT2D eigenvalue weighted by Crippen LogP contribution is 2.30. The van der Waals surface area contributed by atoms with Crippen molar-refractivity contribution in [1.82, 2.24) is 0 Å². The standard InChI is InChI=1S/C19H25NO2/c1-3-11-22-19-13-15(9-10-18(19)21-2)12-17(14-20)16-7-5-4-6-8-16/h4-10,13,17H,3,11-12,14,20H2,1-2H3. The Morgan fingerprint density at radius 3 is 2.45 bits per heavy atom. The van der Waals surface area contributed by atoms with Crippen molar-refractivity contribution >= 4 is 0 Å². The lowest BCUT2D eigenvalue weighted by molar-refractivity contribution is 0.294. The van der Waals surface area contributed by atoms with E-state index in [-0.39, 0.29) is 0 Å². The fourth-order valence-electron chi connectivity index (χ4n) is 2.52. The van der Waals surface area contributed by atoms with E-state index >= 15 is 0 Å². The second-order valence-electron chi connectivity index (χ2n) is 5.38. The highest BCUT2D eigenvalue weighted by molar-refractivity contribution is 5.43. The van der Waals surface area contributed by atoms with Crippen LogP contribution in [-0.4, -0.2) is 20.3 Å². The number of benzene rings is 2. The molecule has 22 heavy (non-hydrogen) atoms. The lowest BCUT2D eigenvalue weighted by Gasteiger charge is -2.17. The van der Waals surface area contributed by atoms with Crippen LogP contribution in [0.3, 0.4) is 0 Å². The van der Waals surface area contributed by atoms with Gasteiger partial charge in [-0.05, 0) is 42.6 Å². The van der Waals surface area contributed by atoms with Gasteiger partial charge in [-0.15, -0.1) is 0 Å². The predicted octanol–water partition coefficient (Wildman–Crippen LogP) is 3.77. The minimum atomic E-state index is 0.314. The number of rotatable bonds is 8. The topological polar surface area (TPSA) is 44.5 Å². The fourth-order valence-corrected chi connectivity index (χ4v) is 2.52. The number of hydrogen-bond donors (Lipinski definition) is 1. The molecule has 118 valence electrons. The van der Waals surface area contributed by atoms with Gasteiger partial charge >= 0.3 is 0 Å². The molecule has 0 spiro atoms. The van der Waals surface area contributed by atoms with Crippen LogP contribution in [0.1, 0.15) is 30.4 Å².